The van der Waals surface area contributed by atoms with Crippen LogP contribution in [0.3, 0.4) is 0 Å². The molecule has 0 fully saturated rings. The van der Waals surface area contributed by atoms with Gasteiger partial charge in [-0.1, -0.05) is 0 Å². The minimum absolute atomic E-state index is 0.0528. The molecule has 0 aromatic carbocycles. The van der Waals surface area contributed by atoms with Gasteiger partial charge in [0.25, 0.3) is 0 Å². The largest absolute Gasteiger partial charge is 0.456 e. The second-order valence-corrected chi connectivity index (χ2v) is 36.9. The fourth-order valence-electron chi connectivity index (χ4n) is 3.49. The van der Waals surface area contributed by atoms with Crippen molar-refractivity contribution in [1.82, 2.24) is 0 Å². The van der Waals surface area contributed by atoms with Gasteiger partial charge in [-0.2, -0.15) is 0 Å². The van der Waals surface area contributed by atoms with Crippen LogP contribution in [0.1, 0.15) is 6.42 Å². The Balaban J connectivity index is 0. The van der Waals surface area contributed by atoms with Crippen molar-refractivity contribution in [2.24, 2.45) is 0 Å². The van der Waals surface area contributed by atoms with Crippen molar-refractivity contribution < 1.29 is 27.6 Å². The van der Waals surface area contributed by atoms with Gasteiger partial charge in [0.1, 0.15) is 11.5 Å². The van der Waals surface area contributed by atoms with E-state index in [1.807, 2.05) is 0 Å². The highest BCUT2D eigenvalue weighted by molar-refractivity contribution is 6.84. The van der Waals surface area contributed by atoms with Crippen molar-refractivity contribution >= 4 is 51.8 Å². The quantitative estimate of drug-likeness (QED) is 0.258. The molecule has 0 heterocycles. The molecule has 1 atom stereocenters. The van der Waals surface area contributed by atoms with Crippen molar-refractivity contribution in [1.29, 1.82) is 0 Å². The second-order valence-electron chi connectivity index (χ2n) is 13.1. The first-order valence-electron chi connectivity index (χ1n) is 11.8. The molecule has 12 heteroatoms. The molecule has 0 aliphatic rings. The van der Waals surface area contributed by atoms with Crippen molar-refractivity contribution in [2.75, 3.05) is 13.2 Å². The van der Waals surface area contributed by atoms with Crippen LogP contribution in [0.4, 0.5) is 0 Å². The Bertz CT molecular complexity index is 505. The number of hydrogen-bond acceptors (Lipinski definition) is 6. The number of aliphatic hydroxyl groups is 2. The number of rotatable bonds is 13. The summed E-state index contributed by atoms with van der Waals surface area (Å²) < 4.78 is 25.0. The summed E-state index contributed by atoms with van der Waals surface area (Å²) in [7, 11) is -7.49. The molecule has 0 spiro atoms. The van der Waals surface area contributed by atoms with Crippen LogP contribution in [0.2, 0.25) is 97.7 Å². The van der Waals surface area contributed by atoms with E-state index in [1.54, 1.807) is 0 Å². The Morgan fingerprint density at radius 3 is 1.34 bits per heavy atom. The maximum absolute atomic E-state index is 9.81. The van der Waals surface area contributed by atoms with Crippen LogP contribution in [0.25, 0.3) is 0 Å². The fraction of sp³-hybridized carbons (Fsp3) is 1.00. The van der Waals surface area contributed by atoms with Crippen LogP contribution in [-0.2, 0) is 17.4 Å². The molecule has 0 rings (SSSR count). The van der Waals surface area contributed by atoms with Crippen molar-refractivity contribution in [2.45, 2.75) is 116 Å². The van der Waals surface area contributed by atoms with Crippen LogP contribution < -0.4 is 0 Å². The maximum Gasteiger partial charge on any atom is 0.187 e. The molecule has 0 radical (unpaired) electrons. The molecule has 0 aliphatic carbocycles. The molecule has 0 amide bonds. The minimum atomic E-state index is -1.79. The van der Waals surface area contributed by atoms with Gasteiger partial charge in [-0.15, -0.1) is 0 Å². The molecule has 0 saturated heterocycles. The first kappa shape index (κ1) is 35.2. The van der Waals surface area contributed by atoms with Crippen molar-refractivity contribution in [3.05, 3.63) is 0 Å². The van der Waals surface area contributed by atoms with Gasteiger partial charge in [-0.05, 0) is 104 Å². The van der Waals surface area contributed by atoms with Gasteiger partial charge < -0.3 is 27.6 Å². The molecule has 0 saturated carbocycles. The highest BCUT2D eigenvalue weighted by Gasteiger charge is 2.44. The lowest BCUT2D eigenvalue weighted by Gasteiger charge is -2.46. The summed E-state index contributed by atoms with van der Waals surface area (Å²) in [6.07, 6.45) is 0.517. The monoisotopic (exact) mass is 560 g/mol. The molecular formula is C20H56O6Si6. The Hall–Kier alpha value is 1.06. The molecule has 0 bridgehead atoms. The lowest BCUT2D eigenvalue weighted by atomic mass is 10.4. The summed E-state index contributed by atoms with van der Waals surface area (Å²) in [5.74, 6) is 0. The zero-order chi connectivity index (χ0) is 26.2. The summed E-state index contributed by atoms with van der Waals surface area (Å²) in [5.41, 5.74) is -0.732. The third kappa shape index (κ3) is 20.4. The highest BCUT2D eigenvalue weighted by atomic mass is 28.4. The van der Waals surface area contributed by atoms with E-state index in [9.17, 15) is 5.11 Å². The van der Waals surface area contributed by atoms with E-state index in [0.717, 1.165) is 12.5 Å². The smallest absolute Gasteiger partial charge is 0.187 e. The molecule has 6 nitrogen and oxygen atoms in total. The Morgan fingerprint density at radius 1 is 0.688 bits per heavy atom. The predicted molar refractivity (Wildman–Crippen MR) is 155 cm³/mol. The van der Waals surface area contributed by atoms with Crippen LogP contribution >= 0.6 is 0 Å². The summed E-state index contributed by atoms with van der Waals surface area (Å²) in [6.45, 7) is 30.7. The lowest BCUT2D eigenvalue weighted by molar-refractivity contribution is -0.140. The third-order valence-corrected chi connectivity index (χ3v) is 14.9. The van der Waals surface area contributed by atoms with Crippen LogP contribution in [0.15, 0.2) is 0 Å². The zero-order valence-electron chi connectivity index (χ0n) is 23.9. The van der Waals surface area contributed by atoms with E-state index < -0.39 is 47.0 Å². The van der Waals surface area contributed by atoms with E-state index in [0.29, 0.717) is 16.8 Å². The molecule has 0 aromatic rings. The average Bonchev–Trinajstić information content (AvgIpc) is 2.44. The van der Waals surface area contributed by atoms with Gasteiger partial charge in [0.15, 0.2) is 41.6 Å². The van der Waals surface area contributed by atoms with E-state index in [2.05, 4.69) is 91.7 Å². The molecule has 0 aliphatic heterocycles. The standard InChI is InChI=1S/C12H34O4Si4.C8H22O2Si2/c1-18(2,3)14-11(10-13)12(17,15-19(4,5)6)16-20(7,8)9;1-11(2,3)10-12(4,5)8-6-7-9/h11,13H,10H2,1-9,17H3;9H,6-8H2,1-5H3. The van der Waals surface area contributed by atoms with E-state index in [-0.39, 0.29) is 12.7 Å². The normalized spacial score (nSPS) is 15.4. The van der Waals surface area contributed by atoms with Gasteiger partial charge in [-0.25, -0.2) is 0 Å². The maximum atomic E-state index is 9.81. The van der Waals surface area contributed by atoms with Gasteiger partial charge in [-0.3, -0.25) is 0 Å². The Labute approximate surface area is 207 Å². The van der Waals surface area contributed by atoms with Crippen molar-refractivity contribution in [3.8, 4) is 0 Å². The minimum Gasteiger partial charge on any atom is -0.456 e. The molecule has 32 heavy (non-hydrogen) atoms. The fourth-order valence-corrected chi connectivity index (χ4v) is 19.8. The van der Waals surface area contributed by atoms with E-state index in [4.69, 9.17) is 22.5 Å². The van der Waals surface area contributed by atoms with E-state index >= 15 is 0 Å². The van der Waals surface area contributed by atoms with Crippen molar-refractivity contribution in [3.63, 3.8) is 0 Å². The second kappa shape index (κ2) is 13.4. The van der Waals surface area contributed by atoms with Gasteiger partial charge in [0.2, 0.25) is 0 Å². The number of hydrogen-bond donors (Lipinski definition) is 2. The lowest BCUT2D eigenvalue weighted by Crippen LogP contribution is -2.61. The summed E-state index contributed by atoms with van der Waals surface area (Å²) >= 11 is 0. The van der Waals surface area contributed by atoms with Crippen LogP contribution in [0, 0.1) is 0 Å². The molecule has 1 unspecified atom stereocenters. The topological polar surface area (TPSA) is 77.4 Å². The van der Waals surface area contributed by atoms with Gasteiger partial charge in [0, 0.05) is 6.61 Å². The SMILES string of the molecule is C[Si](C)(C)OC(CO)C([SiH3])(O[Si](C)(C)C)O[Si](C)(C)C.C[Si](C)(C)O[Si](C)(C)CCCO. The molecule has 0 aromatic heterocycles. The van der Waals surface area contributed by atoms with Gasteiger partial charge >= 0.3 is 0 Å². The highest BCUT2D eigenvalue weighted by Crippen LogP contribution is 2.28. The molecular weight excluding hydrogens is 505 g/mol. The summed E-state index contributed by atoms with van der Waals surface area (Å²) in [5, 5.41) is 18.5. The number of aliphatic hydroxyl groups excluding tert-OH is 2. The third-order valence-electron chi connectivity index (χ3n) is 3.78. The average molecular weight is 561 g/mol. The molecule has 196 valence electrons. The molecule has 2 N–H and O–H groups in total. The van der Waals surface area contributed by atoms with E-state index in [1.165, 1.54) is 0 Å². The first-order valence-corrected chi connectivity index (χ1v) is 29.6. The van der Waals surface area contributed by atoms with Gasteiger partial charge in [0.05, 0.1) is 16.8 Å². The zero-order valence-corrected chi connectivity index (χ0v) is 30.9. The summed E-state index contributed by atoms with van der Waals surface area (Å²) in [4.78, 5) is 0. The summed E-state index contributed by atoms with van der Waals surface area (Å²) in [6, 6.07) is 1.08. The van der Waals surface area contributed by atoms with Crippen LogP contribution in [-0.4, -0.2) is 86.8 Å². The Kier molecular flexibility index (Phi) is 14.7. The predicted octanol–water partition coefficient (Wildman–Crippen LogP) is 4.35. The Morgan fingerprint density at radius 2 is 1.09 bits per heavy atom. The van der Waals surface area contributed by atoms with Crippen LogP contribution in [0.5, 0.6) is 0 Å². The first-order chi connectivity index (χ1) is 13.8.